The molecule has 66 valence electrons. The minimum absolute atomic E-state index is 0.286. The first-order valence-electron chi connectivity index (χ1n) is 4.53. The lowest BCUT2D eigenvalue weighted by Crippen LogP contribution is -2.27. The van der Waals surface area contributed by atoms with Gasteiger partial charge in [-0.15, -0.1) is 0 Å². The summed E-state index contributed by atoms with van der Waals surface area (Å²) in [7, 11) is 2.08. The second-order valence-corrected chi connectivity index (χ2v) is 3.80. The number of rotatable bonds is 5. The zero-order chi connectivity index (χ0) is 8.27. The predicted molar refractivity (Wildman–Crippen MR) is 46.5 cm³/mol. The second kappa shape index (κ2) is 4.07. The van der Waals surface area contributed by atoms with E-state index in [4.69, 9.17) is 5.11 Å². The highest BCUT2D eigenvalue weighted by Crippen LogP contribution is 2.36. The van der Waals surface area contributed by atoms with Gasteiger partial charge in [-0.25, -0.2) is 0 Å². The van der Waals surface area contributed by atoms with Crippen LogP contribution in [0.5, 0.6) is 0 Å². The summed E-state index contributed by atoms with van der Waals surface area (Å²) in [5.41, 5.74) is 0. The summed E-state index contributed by atoms with van der Waals surface area (Å²) in [5.74, 6) is 1.81. The van der Waals surface area contributed by atoms with Gasteiger partial charge in [0.05, 0.1) is 6.61 Å². The molecule has 0 bridgehead atoms. The SMILES string of the molecule is CC(CN(C)CCO)C1CC1. The molecule has 1 atom stereocenters. The number of aliphatic hydroxyl groups is 1. The lowest BCUT2D eigenvalue weighted by molar-refractivity contribution is 0.200. The molecule has 2 heteroatoms. The Kier molecular flexibility index (Phi) is 3.34. The molecule has 0 aliphatic heterocycles. The van der Waals surface area contributed by atoms with Gasteiger partial charge in [0.1, 0.15) is 0 Å². The van der Waals surface area contributed by atoms with E-state index in [9.17, 15) is 0 Å². The van der Waals surface area contributed by atoms with Crippen LogP contribution in [0.25, 0.3) is 0 Å². The minimum Gasteiger partial charge on any atom is -0.395 e. The van der Waals surface area contributed by atoms with Crippen molar-refractivity contribution >= 4 is 0 Å². The molecular weight excluding hydrogens is 138 g/mol. The molecule has 1 saturated carbocycles. The zero-order valence-corrected chi connectivity index (χ0v) is 7.58. The van der Waals surface area contributed by atoms with Gasteiger partial charge in [-0.05, 0) is 31.7 Å². The molecule has 2 nitrogen and oxygen atoms in total. The van der Waals surface area contributed by atoms with Crippen LogP contribution in [0.2, 0.25) is 0 Å². The number of hydrogen-bond donors (Lipinski definition) is 1. The van der Waals surface area contributed by atoms with Crippen LogP contribution in [0, 0.1) is 11.8 Å². The van der Waals surface area contributed by atoms with Gasteiger partial charge in [-0.3, -0.25) is 0 Å². The number of nitrogens with zero attached hydrogens (tertiary/aromatic N) is 1. The van der Waals surface area contributed by atoms with E-state index in [2.05, 4.69) is 18.9 Å². The van der Waals surface area contributed by atoms with E-state index in [1.807, 2.05) is 0 Å². The maximum absolute atomic E-state index is 8.66. The fourth-order valence-electron chi connectivity index (χ4n) is 1.57. The van der Waals surface area contributed by atoms with E-state index in [0.717, 1.165) is 24.9 Å². The third-order valence-electron chi connectivity index (χ3n) is 2.51. The average molecular weight is 157 g/mol. The molecular formula is C9H19NO. The van der Waals surface area contributed by atoms with Crippen LogP contribution in [0.1, 0.15) is 19.8 Å². The van der Waals surface area contributed by atoms with E-state index in [1.165, 1.54) is 12.8 Å². The lowest BCUT2D eigenvalue weighted by Gasteiger charge is -2.19. The first kappa shape index (κ1) is 9.01. The summed E-state index contributed by atoms with van der Waals surface area (Å²) in [6, 6.07) is 0. The molecule has 0 aromatic carbocycles. The highest BCUT2D eigenvalue weighted by molar-refractivity contribution is 4.79. The van der Waals surface area contributed by atoms with Crippen LogP contribution in [0.4, 0.5) is 0 Å². The van der Waals surface area contributed by atoms with E-state index >= 15 is 0 Å². The summed E-state index contributed by atoms with van der Waals surface area (Å²) < 4.78 is 0. The van der Waals surface area contributed by atoms with Crippen molar-refractivity contribution in [1.29, 1.82) is 0 Å². The molecule has 11 heavy (non-hydrogen) atoms. The van der Waals surface area contributed by atoms with Crippen LogP contribution in [-0.2, 0) is 0 Å². The quantitative estimate of drug-likeness (QED) is 0.642. The van der Waals surface area contributed by atoms with Crippen molar-refractivity contribution < 1.29 is 5.11 Å². The van der Waals surface area contributed by atoms with Gasteiger partial charge in [0.25, 0.3) is 0 Å². The molecule has 0 radical (unpaired) electrons. The first-order valence-corrected chi connectivity index (χ1v) is 4.53. The molecule has 1 fully saturated rings. The van der Waals surface area contributed by atoms with Crippen molar-refractivity contribution in [3.05, 3.63) is 0 Å². The Morgan fingerprint density at radius 1 is 1.55 bits per heavy atom. The topological polar surface area (TPSA) is 23.5 Å². The van der Waals surface area contributed by atoms with E-state index in [0.29, 0.717) is 0 Å². The molecule has 0 saturated heterocycles. The standard InChI is InChI=1S/C9H19NO/c1-8(9-3-4-9)7-10(2)5-6-11/h8-9,11H,3-7H2,1-2H3. The maximum atomic E-state index is 8.66. The van der Waals surface area contributed by atoms with Crippen LogP contribution < -0.4 is 0 Å². The van der Waals surface area contributed by atoms with Crippen LogP contribution in [0.15, 0.2) is 0 Å². The largest absolute Gasteiger partial charge is 0.395 e. The highest BCUT2D eigenvalue weighted by Gasteiger charge is 2.28. The molecule has 1 rings (SSSR count). The van der Waals surface area contributed by atoms with Gasteiger partial charge in [-0.1, -0.05) is 6.92 Å². The van der Waals surface area contributed by atoms with E-state index in [1.54, 1.807) is 0 Å². The highest BCUT2D eigenvalue weighted by atomic mass is 16.3. The Morgan fingerprint density at radius 3 is 2.64 bits per heavy atom. The van der Waals surface area contributed by atoms with Crippen LogP contribution in [-0.4, -0.2) is 36.8 Å². The van der Waals surface area contributed by atoms with E-state index in [-0.39, 0.29) is 6.61 Å². The Hall–Kier alpha value is -0.0800. The van der Waals surface area contributed by atoms with Crippen molar-refractivity contribution in [2.45, 2.75) is 19.8 Å². The Morgan fingerprint density at radius 2 is 2.18 bits per heavy atom. The Bertz CT molecular complexity index is 112. The molecule has 0 spiro atoms. The Balaban J connectivity index is 2.07. The van der Waals surface area contributed by atoms with Gasteiger partial charge in [0, 0.05) is 13.1 Å². The van der Waals surface area contributed by atoms with Crippen molar-refractivity contribution in [3.8, 4) is 0 Å². The molecule has 1 aliphatic rings. The molecule has 0 aromatic rings. The monoisotopic (exact) mass is 157 g/mol. The summed E-state index contributed by atoms with van der Waals surface area (Å²) in [5, 5.41) is 8.66. The third kappa shape index (κ3) is 3.21. The van der Waals surface area contributed by atoms with Gasteiger partial charge in [-0.2, -0.15) is 0 Å². The molecule has 1 aliphatic carbocycles. The summed E-state index contributed by atoms with van der Waals surface area (Å²) in [4.78, 5) is 2.21. The average Bonchev–Trinajstić information content (AvgIpc) is 2.67. The molecule has 0 heterocycles. The maximum Gasteiger partial charge on any atom is 0.0558 e. The molecule has 1 N–H and O–H groups in total. The third-order valence-corrected chi connectivity index (χ3v) is 2.51. The molecule has 0 amide bonds. The van der Waals surface area contributed by atoms with Gasteiger partial charge in [0.2, 0.25) is 0 Å². The fourth-order valence-corrected chi connectivity index (χ4v) is 1.57. The van der Waals surface area contributed by atoms with Crippen LogP contribution >= 0.6 is 0 Å². The van der Waals surface area contributed by atoms with Crippen molar-refractivity contribution in [3.63, 3.8) is 0 Å². The van der Waals surface area contributed by atoms with E-state index < -0.39 is 0 Å². The summed E-state index contributed by atoms with van der Waals surface area (Å²) in [6.07, 6.45) is 2.85. The fraction of sp³-hybridized carbons (Fsp3) is 1.00. The van der Waals surface area contributed by atoms with Crippen molar-refractivity contribution in [1.82, 2.24) is 4.90 Å². The number of hydrogen-bond acceptors (Lipinski definition) is 2. The van der Waals surface area contributed by atoms with Crippen molar-refractivity contribution in [2.24, 2.45) is 11.8 Å². The molecule has 1 unspecified atom stereocenters. The predicted octanol–water partition coefficient (Wildman–Crippen LogP) is 0.957. The normalized spacial score (nSPS) is 20.7. The van der Waals surface area contributed by atoms with Gasteiger partial charge >= 0.3 is 0 Å². The first-order chi connectivity index (χ1) is 5.24. The summed E-state index contributed by atoms with van der Waals surface area (Å²) in [6.45, 7) is 4.56. The molecule has 0 aromatic heterocycles. The van der Waals surface area contributed by atoms with Gasteiger partial charge < -0.3 is 10.0 Å². The van der Waals surface area contributed by atoms with Crippen LogP contribution in [0.3, 0.4) is 0 Å². The number of likely N-dealkylation sites (N-methyl/N-ethyl adjacent to an activating group) is 1. The smallest absolute Gasteiger partial charge is 0.0558 e. The lowest BCUT2D eigenvalue weighted by atomic mass is 10.1. The second-order valence-electron chi connectivity index (χ2n) is 3.80. The zero-order valence-electron chi connectivity index (χ0n) is 7.58. The number of aliphatic hydroxyl groups excluding tert-OH is 1. The van der Waals surface area contributed by atoms with Crippen molar-refractivity contribution in [2.75, 3.05) is 26.7 Å². The van der Waals surface area contributed by atoms with Gasteiger partial charge in [0.15, 0.2) is 0 Å². The minimum atomic E-state index is 0.286. The summed E-state index contributed by atoms with van der Waals surface area (Å²) >= 11 is 0. The Labute approximate surface area is 69.2 Å².